The minimum absolute atomic E-state index is 0.0453. The topological polar surface area (TPSA) is 54.9 Å². The van der Waals surface area contributed by atoms with Crippen LogP contribution in [0.1, 0.15) is 11.1 Å². The summed E-state index contributed by atoms with van der Waals surface area (Å²) in [5.41, 5.74) is 4.61. The summed E-state index contributed by atoms with van der Waals surface area (Å²) in [5.74, 6) is 0.261. The first kappa shape index (κ1) is 19.5. The molecule has 1 heterocycles. The number of amides is 1. The van der Waals surface area contributed by atoms with Crippen molar-refractivity contribution in [3.63, 3.8) is 0 Å². The standard InChI is InChI=1S/C18H15Cl2N3OSSe/c1-10-4-3-5-11(2)16(10)21-15(24)9-25-18-17(22-23-26-18)12-6-7-13(19)14(20)8-12/h3-8H,9H2,1-2H3,(H,21,24). The first-order chi connectivity index (χ1) is 12.5. The predicted molar refractivity (Wildman–Crippen MR) is 110 cm³/mol. The fourth-order valence-electron chi connectivity index (χ4n) is 2.41. The van der Waals surface area contributed by atoms with Gasteiger partial charge in [-0.2, -0.15) is 0 Å². The number of thioether (sulfide) groups is 1. The summed E-state index contributed by atoms with van der Waals surface area (Å²) in [6.45, 7) is 3.97. The van der Waals surface area contributed by atoms with Crippen LogP contribution in [-0.4, -0.2) is 35.6 Å². The number of hydrogen-bond donors (Lipinski definition) is 1. The molecule has 134 valence electrons. The van der Waals surface area contributed by atoms with Crippen LogP contribution in [0.25, 0.3) is 11.3 Å². The van der Waals surface area contributed by atoms with Crippen LogP contribution < -0.4 is 5.32 Å². The molecule has 3 rings (SSSR count). The number of aromatic nitrogens is 2. The van der Waals surface area contributed by atoms with Crippen molar-refractivity contribution in [2.45, 2.75) is 17.6 Å². The number of aryl methyl sites for hydroxylation is 2. The molecule has 0 aliphatic heterocycles. The van der Waals surface area contributed by atoms with E-state index in [1.54, 1.807) is 12.1 Å². The quantitative estimate of drug-likeness (QED) is 0.427. The summed E-state index contributed by atoms with van der Waals surface area (Å²) < 4.78 is 5.16. The van der Waals surface area contributed by atoms with Gasteiger partial charge >= 0.3 is 173 Å². The average Bonchev–Trinajstić information content (AvgIpc) is 3.07. The van der Waals surface area contributed by atoms with Crippen LogP contribution in [0.2, 0.25) is 10.0 Å². The van der Waals surface area contributed by atoms with Crippen molar-refractivity contribution in [3.05, 3.63) is 57.6 Å². The Bertz CT molecular complexity index is 941. The summed E-state index contributed by atoms with van der Waals surface area (Å²) in [5, 5.41) is 8.20. The van der Waals surface area contributed by atoms with Gasteiger partial charge in [0.15, 0.2) is 0 Å². The molecule has 0 aliphatic carbocycles. The molecule has 0 radical (unpaired) electrons. The second-order valence-corrected chi connectivity index (χ2v) is 9.61. The SMILES string of the molecule is Cc1cccc(C)c1NC(=O)CSc1[se]nnc1-c1ccc(Cl)c(Cl)c1. The Morgan fingerprint density at radius 1 is 1.15 bits per heavy atom. The summed E-state index contributed by atoms with van der Waals surface area (Å²) in [6, 6.07) is 11.3. The molecule has 8 heteroatoms. The Kier molecular flexibility index (Phi) is 6.43. The van der Waals surface area contributed by atoms with Gasteiger partial charge in [-0.05, 0) is 0 Å². The molecule has 26 heavy (non-hydrogen) atoms. The van der Waals surface area contributed by atoms with Gasteiger partial charge in [0.05, 0.1) is 0 Å². The molecule has 0 saturated heterocycles. The fraction of sp³-hybridized carbons (Fsp3) is 0.167. The minimum atomic E-state index is -0.120. The maximum atomic E-state index is 12.4. The van der Waals surface area contributed by atoms with Gasteiger partial charge in [-0.15, -0.1) is 0 Å². The van der Waals surface area contributed by atoms with Crippen LogP contribution in [-0.2, 0) is 4.79 Å². The van der Waals surface area contributed by atoms with Crippen molar-refractivity contribution in [2.24, 2.45) is 0 Å². The van der Waals surface area contributed by atoms with Gasteiger partial charge < -0.3 is 0 Å². The van der Waals surface area contributed by atoms with Crippen LogP contribution in [0.3, 0.4) is 0 Å². The molecular weight excluding hydrogens is 456 g/mol. The van der Waals surface area contributed by atoms with Gasteiger partial charge in [0.2, 0.25) is 0 Å². The Labute approximate surface area is 172 Å². The second kappa shape index (κ2) is 8.59. The number of carbonyl (C=O) groups excluding carboxylic acids is 1. The molecule has 0 bridgehead atoms. The number of carbonyl (C=O) groups is 1. The molecule has 4 nitrogen and oxygen atoms in total. The van der Waals surface area contributed by atoms with Crippen LogP contribution in [0.15, 0.2) is 40.2 Å². The van der Waals surface area contributed by atoms with Crippen LogP contribution >= 0.6 is 35.0 Å². The number of nitrogens with zero attached hydrogens (tertiary/aromatic N) is 2. The molecule has 0 saturated carbocycles. The molecule has 2 aromatic carbocycles. The van der Waals surface area contributed by atoms with E-state index < -0.39 is 0 Å². The van der Waals surface area contributed by atoms with E-state index in [4.69, 9.17) is 23.2 Å². The molecule has 1 amide bonds. The average molecular weight is 471 g/mol. The number of para-hydroxylation sites is 1. The molecular formula is C18H15Cl2N3OSSe. The molecule has 1 N–H and O–H groups in total. The summed E-state index contributed by atoms with van der Waals surface area (Å²) in [7, 11) is 0. The number of anilines is 1. The Morgan fingerprint density at radius 2 is 1.88 bits per heavy atom. The van der Waals surface area contributed by atoms with E-state index in [0.717, 1.165) is 31.8 Å². The Morgan fingerprint density at radius 3 is 2.58 bits per heavy atom. The van der Waals surface area contributed by atoms with Gasteiger partial charge in [-0.25, -0.2) is 0 Å². The fourth-order valence-corrected chi connectivity index (χ4v) is 5.20. The van der Waals surface area contributed by atoms with Crippen molar-refractivity contribution in [1.29, 1.82) is 0 Å². The summed E-state index contributed by atoms with van der Waals surface area (Å²) >= 11 is 13.4. The third-order valence-corrected chi connectivity index (χ3v) is 7.56. The van der Waals surface area contributed by atoms with E-state index in [1.165, 1.54) is 11.8 Å². The van der Waals surface area contributed by atoms with Crippen LogP contribution in [0, 0.1) is 13.8 Å². The van der Waals surface area contributed by atoms with E-state index >= 15 is 0 Å². The van der Waals surface area contributed by atoms with E-state index in [2.05, 4.69) is 14.5 Å². The van der Waals surface area contributed by atoms with Crippen molar-refractivity contribution >= 4 is 61.3 Å². The third kappa shape index (κ3) is 4.51. The van der Waals surface area contributed by atoms with Crippen molar-refractivity contribution in [1.82, 2.24) is 9.19 Å². The zero-order chi connectivity index (χ0) is 18.7. The Balaban J connectivity index is 1.70. The summed E-state index contributed by atoms with van der Waals surface area (Å²) in [4.78, 5) is 12.4. The second-order valence-electron chi connectivity index (χ2n) is 5.64. The van der Waals surface area contributed by atoms with E-state index in [-0.39, 0.29) is 20.6 Å². The van der Waals surface area contributed by atoms with E-state index in [1.807, 2.05) is 38.1 Å². The monoisotopic (exact) mass is 471 g/mol. The number of nitrogens with one attached hydrogen (secondary N) is 1. The molecule has 0 unspecified atom stereocenters. The molecule has 0 spiro atoms. The van der Waals surface area contributed by atoms with E-state index in [9.17, 15) is 4.79 Å². The van der Waals surface area contributed by atoms with Crippen molar-refractivity contribution in [3.8, 4) is 11.3 Å². The number of hydrogen-bond acceptors (Lipinski definition) is 4. The third-order valence-electron chi connectivity index (χ3n) is 3.73. The molecule has 0 aliphatic rings. The molecule has 1 aromatic heterocycles. The first-order valence-electron chi connectivity index (χ1n) is 7.72. The number of rotatable bonds is 5. The molecule has 0 fully saturated rings. The van der Waals surface area contributed by atoms with Gasteiger partial charge in [-0.1, -0.05) is 0 Å². The van der Waals surface area contributed by atoms with Crippen molar-refractivity contribution in [2.75, 3.05) is 11.1 Å². The first-order valence-corrected chi connectivity index (χ1v) is 11.1. The van der Waals surface area contributed by atoms with Gasteiger partial charge in [-0.3, -0.25) is 0 Å². The maximum absolute atomic E-state index is 12.4. The van der Waals surface area contributed by atoms with Gasteiger partial charge in [0.1, 0.15) is 0 Å². The van der Waals surface area contributed by atoms with E-state index in [0.29, 0.717) is 15.8 Å². The van der Waals surface area contributed by atoms with Gasteiger partial charge in [0, 0.05) is 0 Å². The zero-order valence-electron chi connectivity index (χ0n) is 14.0. The molecule has 0 atom stereocenters. The number of halogens is 2. The number of benzene rings is 2. The summed E-state index contributed by atoms with van der Waals surface area (Å²) in [6.07, 6.45) is 0. The van der Waals surface area contributed by atoms with Gasteiger partial charge in [0.25, 0.3) is 0 Å². The van der Waals surface area contributed by atoms with Crippen LogP contribution in [0.5, 0.6) is 0 Å². The predicted octanol–water partition coefficient (Wildman–Crippen LogP) is 4.86. The Hall–Kier alpha value is -1.30. The molecule has 3 aromatic rings. The van der Waals surface area contributed by atoms with Crippen LogP contribution in [0.4, 0.5) is 5.69 Å². The van der Waals surface area contributed by atoms with Crippen molar-refractivity contribution < 1.29 is 4.79 Å². The zero-order valence-corrected chi connectivity index (χ0v) is 18.1. The normalized spacial score (nSPS) is 10.8.